The monoisotopic (exact) mass is 360 g/mol. The van der Waals surface area contributed by atoms with Crippen LogP contribution >= 0.6 is 0 Å². The summed E-state index contributed by atoms with van der Waals surface area (Å²) in [6, 6.07) is 7.03. The van der Waals surface area contributed by atoms with E-state index in [0.717, 1.165) is 25.9 Å². The van der Waals surface area contributed by atoms with E-state index in [2.05, 4.69) is 16.0 Å². The summed E-state index contributed by atoms with van der Waals surface area (Å²) < 4.78 is 0. The Morgan fingerprint density at radius 1 is 1.04 bits per heavy atom. The molecule has 26 heavy (non-hydrogen) atoms. The van der Waals surface area contributed by atoms with Crippen LogP contribution < -0.4 is 16.0 Å². The number of benzene rings is 1. The Bertz CT molecular complexity index is 661. The summed E-state index contributed by atoms with van der Waals surface area (Å²) in [6.45, 7) is 7.26. The summed E-state index contributed by atoms with van der Waals surface area (Å²) >= 11 is 0. The molecule has 1 fully saturated rings. The lowest BCUT2D eigenvalue weighted by Crippen LogP contribution is -2.41. The third kappa shape index (κ3) is 6.06. The first kappa shape index (κ1) is 19.8. The van der Waals surface area contributed by atoms with E-state index in [1.807, 2.05) is 20.8 Å². The summed E-state index contributed by atoms with van der Waals surface area (Å²) in [5.74, 6) is -0.547. The molecule has 0 bridgehead atoms. The number of rotatable bonds is 6. The highest BCUT2D eigenvalue weighted by atomic mass is 16.2. The zero-order valence-corrected chi connectivity index (χ0v) is 15.7. The first-order valence-electron chi connectivity index (χ1n) is 8.96. The quantitative estimate of drug-likeness (QED) is 0.715. The van der Waals surface area contributed by atoms with Crippen molar-refractivity contribution in [3.05, 3.63) is 29.8 Å². The molecule has 3 N–H and O–H groups in total. The Kier molecular flexibility index (Phi) is 6.60. The van der Waals surface area contributed by atoms with E-state index < -0.39 is 0 Å². The summed E-state index contributed by atoms with van der Waals surface area (Å²) in [5, 5.41) is 8.50. The molecule has 1 saturated heterocycles. The third-order valence-corrected chi connectivity index (χ3v) is 4.00. The second-order valence-corrected chi connectivity index (χ2v) is 7.47. The molecule has 0 radical (unpaired) electrons. The number of hydrogen-bond donors (Lipinski definition) is 3. The summed E-state index contributed by atoms with van der Waals surface area (Å²) in [5.41, 5.74) is 0.705. The fourth-order valence-corrected chi connectivity index (χ4v) is 2.73. The highest BCUT2D eigenvalue weighted by molar-refractivity contribution is 6.00. The van der Waals surface area contributed by atoms with Gasteiger partial charge >= 0.3 is 0 Å². The molecule has 1 aromatic rings. The molecule has 2 rings (SSSR count). The van der Waals surface area contributed by atoms with Crippen LogP contribution in [-0.2, 0) is 9.59 Å². The second kappa shape index (κ2) is 8.69. The Hall–Kier alpha value is -2.57. The van der Waals surface area contributed by atoms with Gasteiger partial charge in [0.25, 0.3) is 5.91 Å². The van der Waals surface area contributed by atoms with E-state index in [4.69, 9.17) is 0 Å². The smallest absolute Gasteiger partial charge is 0.253 e. The molecule has 1 heterocycles. The minimum Gasteiger partial charge on any atom is -0.376 e. The predicted molar refractivity (Wildman–Crippen MR) is 101 cm³/mol. The van der Waals surface area contributed by atoms with Gasteiger partial charge in [0.05, 0.1) is 18.7 Å². The van der Waals surface area contributed by atoms with Gasteiger partial charge in [-0.1, -0.05) is 12.1 Å². The van der Waals surface area contributed by atoms with Crippen LogP contribution in [0.2, 0.25) is 0 Å². The van der Waals surface area contributed by atoms with Crippen molar-refractivity contribution in [2.75, 3.05) is 31.5 Å². The number of para-hydroxylation sites is 1. The van der Waals surface area contributed by atoms with Crippen LogP contribution in [0.15, 0.2) is 24.3 Å². The van der Waals surface area contributed by atoms with Gasteiger partial charge in [0.2, 0.25) is 11.8 Å². The van der Waals surface area contributed by atoms with Gasteiger partial charge in [0.15, 0.2) is 0 Å². The van der Waals surface area contributed by atoms with Gasteiger partial charge in [0, 0.05) is 24.3 Å². The first-order chi connectivity index (χ1) is 12.3. The van der Waals surface area contributed by atoms with Crippen LogP contribution in [-0.4, -0.2) is 54.3 Å². The number of nitrogens with one attached hydrogen (secondary N) is 3. The minimum absolute atomic E-state index is 0.00662. The van der Waals surface area contributed by atoms with Gasteiger partial charge in [-0.3, -0.25) is 14.4 Å². The van der Waals surface area contributed by atoms with E-state index in [-0.39, 0.29) is 36.3 Å². The molecule has 1 aliphatic heterocycles. The summed E-state index contributed by atoms with van der Waals surface area (Å²) in [6.07, 6.45) is 2.04. The SMILES string of the molecule is CC(C)(C)NC(=O)c1ccccc1NCC(=O)NCC(=O)N1CCCC1. The van der Waals surface area contributed by atoms with Crippen LogP contribution in [0.1, 0.15) is 44.0 Å². The second-order valence-electron chi connectivity index (χ2n) is 7.47. The highest BCUT2D eigenvalue weighted by Gasteiger charge is 2.19. The van der Waals surface area contributed by atoms with Crippen molar-refractivity contribution in [2.45, 2.75) is 39.2 Å². The molecule has 1 aromatic carbocycles. The standard InChI is InChI=1S/C19H28N4O3/c1-19(2,3)22-18(26)14-8-4-5-9-15(14)20-12-16(24)21-13-17(25)23-10-6-7-11-23/h4-5,8-9,20H,6-7,10-13H2,1-3H3,(H,21,24)(H,22,26). The fraction of sp³-hybridized carbons (Fsp3) is 0.526. The summed E-state index contributed by atoms with van der Waals surface area (Å²) in [4.78, 5) is 38.1. The molecule has 7 heteroatoms. The number of carbonyl (C=O) groups excluding carboxylic acids is 3. The average Bonchev–Trinajstić information content (AvgIpc) is 3.11. The van der Waals surface area contributed by atoms with Crippen molar-refractivity contribution in [2.24, 2.45) is 0 Å². The molecule has 0 atom stereocenters. The van der Waals surface area contributed by atoms with Gasteiger partial charge in [-0.25, -0.2) is 0 Å². The maximum atomic E-state index is 12.4. The lowest BCUT2D eigenvalue weighted by molar-refractivity contribution is -0.131. The minimum atomic E-state index is -0.350. The van der Waals surface area contributed by atoms with E-state index in [9.17, 15) is 14.4 Å². The van der Waals surface area contributed by atoms with Crippen molar-refractivity contribution in [3.8, 4) is 0 Å². The van der Waals surface area contributed by atoms with E-state index in [0.29, 0.717) is 11.3 Å². The van der Waals surface area contributed by atoms with Crippen molar-refractivity contribution in [3.63, 3.8) is 0 Å². The molecule has 142 valence electrons. The Balaban J connectivity index is 1.85. The molecule has 3 amide bonds. The maximum absolute atomic E-state index is 12.4. The fourth-order valence-electron chi connectivity index (χ4n) is 2.73. The maximum Gasteiger partial charge on any atom is 0.253 e. The number of likely N-dealkylation sites (tertiary alicyclic amines) is 1. The first-order valence-corrected chi connectivity index (χ1v) is 8.96. The Morgan fingerprint density at radius 3 is 2.35 bits per heavy atom. The lowest BCUT2D eigenvalue weighted by atomic mass is 10.1. The van der Waals surface area contributed by atoms with Crippen LogP contribution in [0.4, 0.5) is 5.69 Å². The van der Waals surface area contributed by atoms with Crippen LogP contribution in [0, 0.1) is 0 Å². The molecular weight excluding hydrogens is 332 g/mol. The molecule has 0 spiro atoms. The number of nitrogens with zero attached hydrogens (tertiary/aromatic N) is 1. The molecule has 0 aliphatic carbocycles. The van der Waals surface area contributed by atoms with Gasteiger partial charge in [-0.05, 0) is 45.7 Å². The average molecular weight is 360 g/mol. The number of carbonyl (C=O) groups is 3. The van der Waals surface area contributed by atoms with Crippen molar-refractivity contribution < 1.29 is 14.4 Å². The lowest BCUT2D eigenvalue weighted by Gasteiger charge is -2.21. The topological polar surface area (TPSA) is 90.5 Å². The zero-order chi connectivity index (χ0) is 19.2. The molecular formula is C19H28N4O3. The summed E-state index contributed by atoms with van der Waals surface area (Å²) in [7, 11) is 0. The van der Waals surface area contributed by atoms with Crippen LogP contribution in [0.3, 0.4) is 0 Å². The Morgan fingerprint density at radius 2 is 1.69 bits per heavy atom. The van der Waals surface area contributed by atoms with E-state index >= 15 is 0 Å². The van der Waals surface area contributed by atoms with Crippen LogP contribution in [0.5, 0.6) is 0 Å². The number of amides is 3. The molecule has 7 nitrogen and oxygen atoms in total. The number of hydrogen-bond acceptors (Lipinski definition) is 4. The van der Waals surface area contributed by atoms with E-state index in [1.165, 1.54) is 0 Å². The van der Waals surface area contributed by atoms with Crippen molar-refractivity contribution in [1.82, 2.24) is 15.5 Å². The normalized spacial score (nSPS) is 14.0. The Labute approximate surface area is 154 Å². The molecule has 0 saturated carbocycles. The molecule has 0 aromatic heterocycles. The zero-order valence-electron chi connectivity index (χ0n) is 15.7. The number of anilines is 1. The van der Waals surface area contributed by atoms with Crippen molar-refractivity contribution >= 4 is 23.4 Å². The van der Waals surface area contributed by atoms with Crippen molar-refractivity contribution in [1.29, 1.82) is 0 Å². The molecule has 1 aliphatic rings. The van der Waals surface area contributed by atoms with Gasteiger partial charge in [0.1, 0.15) is 0 Å². The van der Waals surface area contributed by atoms with Gasteiger partial charge in [-0.2, -0.15) is 0 Å². The van der Waals surface area contributed by atoms with Crippen LogP contribution in [0.25, 0.3) is 0 Å². The van der Waals surface area contributed by atoms with Gasteiger partial charge < -0.3 is 20.9 Å². The van der Waals surface area contributed by atoms with E-state index in [1.54, 1.807) is 29.2 Å². The largest absolute Gasteiger partial charge is 0.376 e. The third-order valence-electron chi connectivity index (χ3n) is 4.00. The van der Waals surface area contributed by atoms with Gasteiger partial charge in [-0.15, -0.1) is 0 Å². The highest BCUT2D eigenvalue weighted by Crippen LogP contribution is 2.16. The predicted octanol–water partition coefficient (Wildman–Crippen LogP) is 1.37. The molecule has 0 unspecified atom stereocenters.